The van der Waals surface area contributed by atoms with Crippen LogP contribution in [-0.2, 0) is 6.42 Å². The maximum Gasteiger partial charge on any atom is 0.344 e. The third-order valence-electron chi connectivity index (χ3n) is 3.30. The summed E-state index contributed by atoms with van der Waals surface area (Å²) in [5, 5.41) is 9.71. The van der Waals surface area contributed by atoms with Gasteiger partial charge in [-0.15, -0.1) is 0 Å². The van der Waals surface area contributed by atoms with Crippen LogP contribution in [0.3, 0.4) is 0 Å². The molecule has 4 heteroatoms. The van der Waals surface area contributed by atoms with E-state index < -0.39 is 5.97 Å². The van der Waals surface area contributed by atoms with Crippen LogP contribution in [0.4, 0.5) is 0 Å². The number of phenolic OH excluding ortho intramolecular Hbond substituents is 1. The highest BCUT2D eigenvalue weighted by Crippen LogP contribution is 2.30. The van der Waals surface area contributed by atoms with Crippen LogP contribution in [0.1, 0.15) is 28.4 Å². The number of aryl methyl sites for hydroxylation is 2. The lowest BCUT2D eigenvalue weighted by molar-refractivity contribution is 0.0732. The summed E-state index contributed by atoms with van der Waals surface area (Å²) in [6, 6.07) is 10.2. The number of carbonyl (C=O) groups is 1. The van der Waals surface area contributed by atoms with E-state index in [9.17, 15) is 9.90 Å². The number of methoxy groups -OCH3 is 1. The van der Waals surface area contributed by atoms with Crippen molar-refractivity contribution in [2.75, 3.05) is 7.11 Å². The molecule has 0 saturated heterocycles. The summed E-state index contributed by atoms with van der Waals surface area (Å²) in [6.45, 7) is 3.87. The number of aromatic hydroxyl groups is 1. The molecule has 0 aromatic heterocycles. The largest absolute Gasteiger partial charge is 0.504 e. The van der Waals surface area contributed by atoms with Crippen LogP contribution in [-0.4, -0.2) is 18.2 Å². The molecule has 0 heterocycles. The van der Waals surface area contributed by atoms with Crippen molar-refractivity contribution in [3.05, 3.63) is 53.1 Å². The second-order valence-corrected chi connectivity index (χ2v) is 4.69. The first-order valence-electron chi connectivity index (χ1n) is 6.74. The molecule has 0 atom stereocenters. The summed E-state index contributed by atoms with van der Waals surface area (Å²) in [5.74, 6) is 0.126. The molecule has 2 aromatic carbocycles. The monoisotopic (exact) mass is 286 g/mol. The average Bonchev–Trinajstić information content (AvgIpc) is 2.46. The Balaban J connectivity index is 2.28. The molecule has 0 amide bonds. The second kappa shape index (κ2) is 6.31. The molecule has 0 aliphatic heterocycles. The molecule has 0 fully saturated rings. The van der Waals surface area contributed by atoms with Crippen molar-refractivity contribution in [1.29, 1.82) is 0 Å². The summed E-state index contributed by atoms with van der Waals surface area (Å²) >= 11 is 0. The van der Waals surface area contributed by atoms with Gasteiger partial charge in [-0.2, -0.15) is 0 Å². The lowest BCUT2D eigenvalue weighted by Gasteiger charge is -2.11. The number of phenols is 1. The van der Waals surface area contributed by atoms with E-state index in [2.05, 4.69) is 0 Å². The fraction of sp³-hybridized carbons (Fsp3) is 0.235. The van der Waals surface area contributed by atoms with Gasteiger partial charge in [0.2, 0.25) is 0 Å². The van der Waals surface area contributed by atoms with Crippen molar-refractivity contribution in [2.24, 2.45) is 0 Å². The highest BCUT2D eigenvalue weighted by Gasteiger charge is 2.16. The van der Waals surface area contributed by atoms with E-state index in [1.54, 1.807) is 12.1 Å². The van der Waals surface area contributed by atoms with Crippen molar-refractivity contribution in [1.82, 2.24) is 0 Å². The predicted molar refractivity (Wildman–Crippen MR) is 80.2 cm³/mol. The van der Waals surface area contributed by atoms with Crippen molar-refractivity contribution in [3.63, 3.8) is 0 Å². The molecule has 1 N–H and O–H groups in total. The molecule has 2 aromatic rings. The molecule has 110 valence electrons. The van der Waals surface area contributed by atoms with E-state index in [4.69, 9.17) is 9.47 Å². The third-order valence-corrected chi connectivity index (χ3v) is 3.30. The zero-order valence-corrected chi connectivity index (χ0v) is 12.3. The van der Waals surface area contributed by atoms with Gasteiger partial charge in [-0.05, 0) is 36.6 Å². The molecule has 0 unspecified atom stereocenters. The van der Waals surface area contributed by atoms with Crippen LogP contribution >= 0.6 is 0 Å². The van der Waals surface area contributed by atoms with Gasteiger partial charge in [-0.1, -0.05) is 25.1 Å². The molecule has 0 saturated carbocycles. The minimum atomic E-state index is -0.422. The summed E-state index contributed by atoms with van der Waals surface area (Å²) in [4.78, 5) is 12.3. The number of esters is 1. The minimum absolute atomic E-state index is 0.0664. The van der Waals surface area contributed by atoms with E-state index in [1.165, 1.54) is 13.2 Å². The molecule has 0 bridgehead atoms. The van der Waals surface area contributed by atoms with E-state index in [0.29, 0.717) is 11.3 Å². The van der Waals surface area contributed by atoms with Crippen LogP contribution in [0.25, 0.3) is 0 Å². The Kier molecular flexibility index (Phi) is 4.48. The summed E-state index contributed by atoms with van der Waals surface area (Å²) in [5.41, 5.74) is 2.39. The highest BCUT2D eigenvalue weighted by molar-refractivity contribution is 5.94. The molecule has 4 nitrogen and oxygen atoms in total. The molecule has 0 aliphatic rings. The molecule has 2 rings (SSSR count). The number of carbonyl (C=O) groups excluding carboxylic acids is 1. The summed E-state index contributed by atoms with van der Waals surface area (Å²) in [6.07, 6.45) is 0.750. The normalized spacial score (nSPS) is 10.2. The Morgan fingerprint density at radius 1 is 1.24 bits per heavy atom. The maximum atomic E-state index is 12.3. The summed E-state index contributed by atoms with van der Waals surface area (Å²) in [7, 11) is 1.46. The molecular formula is C17H18O4. The van der Waals surface area contributed by atoms with Gasteiger partial charge in [0.1, 0.15) is 5.75 Å². The summed E-state index contributed by atoms with van der Waals surface area (Å²) < 4.78 is 10.3. The van der Waals surface area contributed by atoms with Gasteiger partial charge in [0.25, 0.3) is 0 Å². The molecule has 0 spiro atoms. The zero-order valence-electron chi connectivity index (χ0n) is 12.3. The third kappa shape index (κ3) is 3.16. The van der Waals surface area contributed by atoms with Gasteiger partial charge in [0.05, 0.1) is 12.7 Å². The number of ether oxygens (including phenoxy) is 2. The van der Waals surface area contributed by atoms with Gasteiger partial charge >= 0.3 is 5.97 Å². The van der Waals surface area contributed by atoms with Gasteiger partial charge in [0, 0.05) is 6.07 Å². The average molecular weight is 286 g/mol. The topological polar surface area (TPSA) is 55.8 Å². The van der Waals surface area contributed by atoms with E-state index in [1.807, 2.05) is 32.0 Å². The number of hydrogen-bond donors (Lipinski definition) is 1. The standard InChI is InChI=1S/C17H18O4/c1-4-12-7-5-6-11(2)16(12)17(19)21-13-8-9-15(20-3)14(18)10-13/h5-10,18H,4H2,1-3H3. The molecular weight excluding hydrogens is 268 g/mol. The Labute approximate surface area is 123 Å². The SMILES string of the molecule is CCc1cccc(C)c1C(=O)Oc1ccc(OC)c(O)c1. The molecule has 0 aliphatic carbocycles. The fourth-order valence-corrected chi connectivity index (χ4v) is 2.21. The quantitative estimate of drug-likeness (QED) is 0.690. The van der Waals surface area contributed by atoms with Crippen LogP contribution in [0.5, 0.6) is 17.2 Å². The lowest BCUT2D eigenvalue weighted by atomic mass is 10.0. The van der Waals surface area contributed by atoms with E-state index in [-0.39, 0.29) is 11.5 Å². The van der Waals surface area contributed by atoms with Crippen molar-refractivity contribution in [3.8, 4) is 17.2 Å². The van der Waals surface area contributed by atoms with Gasteiger partial charge < -0.3 is 14.6 Å². The van der Waals surface area contributed by atoms with Crippen LogP contribution < -0.4 is 9.47 Å². The zero-order chi connectivity index (χ0) is 15.4. The van der Waals surface area contributed by atoms with Crippen LogP contribution in [0.15, 0.2) is 36.4 Å². The lowest BCUT2D eigenvalue weighted by Crippen LogP contribution is -2.13. The van der Waals surface area contributed by atoms with Gasteiger partial charge in [-0.3, -0.25) is 0 Å². The highest BCUT2D eigenvalue weighted by atomic mass is 16.5. The van der Waals surface area contributed by atoms with E-state index >= 15 is 0 Å². The Bertz CT molecular complexity index is 662. The Morgan fingerprint density at radius 2 is 2.00 bits per heavy atom. The molecule has 21 heavy (non-hydrogen) atoms. The second-order valence-electron chi connectivity index (χ2n) is 4.69. The van der Waals surface area contributed by atoms with Crippen molar-refractivity contribution in [2.45, 2.75) is 20.3 Å². The Hall–Kier alpha value is -2.49. The predicted octanol–water partition coefficient (Wildman–Crippen LogP) is 3.49. The first-order chi connectivity index (χ1) is 10.1. The van der Waals surface area contributed by atoms with Crippen molar-refractivity contribution < 1.29 is 19.4 Å². The number of hydrogen-bond acceptors (Lipinski definition) is 4. The smallest absolute Gasteiger partial charge is 0.344 e. The van der Waals surface area contributed by atoms with Crippen LogP contribution in [0.2, 0.25) is 0 Å². The maximum absolute atomic E-state index is 12.3. The van der Waals surface area contributed by atoms with Crippen molar-refractivity contribution >= 4 is 5.97 Å². The van der Waals surface area contributed by atoms with Gasteiger partial charge in [0.15, 0.2) is 11.5 Å². The van der Waals surface area contributed by atoms with E-state index in [0.717, 1.165) is 17.5 Å². The minimum Gasteiger partial charge on any atom is -0.504 e. The first kappa shape index (κ1) is 14.9. The fourth-order valence-electron chi connectivity index (χ4n) is 2.21. The van der Waals surface area contributed by atoms with Gasteiger partial charge in [-0.25, -0.2) is 4.79 Å². The molecule has 0 radical (unpaired) electrons. The number of rotatable bonds is 4. The van der Waals surface area contributed by atoms with Crippen LogP contribution in [0, 0.1) is 6.92 Å². The first-order valence-corrected chi connectivity index (χ1v) is 6.74. The number of benzene rings is 2. The Morgan fingerprint density at radius 3 is 2.62 bits per heavy atom.